The van der Waals surface area contributed by atoms with Gasteiger partial charge in [-0.3, -0.25) is 4.79 Å². The van der Waals surface area contributed by atoms with E-state index in [9.17, 15) is 4.79 Å². The maximum Gasteiger partial charge on any atom is 0.256 e. The highest BCUT2D eigenvalue weighted by atomic mass is 16.5. The first-order valence-electron chi connectivity index (χ1n) is 5.43. The third kappa shape index (κ3) is 2.84. The van der Waals surface area contributed by atoms with E-state index in [1.54, 1.807) is 19.2 Å². The van der Waals surface area contributed by atoms with Crippen molar-refractivity contribution in [3.63, 3.8) is 0 Å². The van der Waals surface area contributed by atoms with Gasteiger partial charge in [-0.2, -0.15) is 0 Å². The summed E-state index contributed by atoms with van der Waals surface area (Å²) >= 11 is 0. The van der Waals surface area contributed by atoms with Crippen LogP contribution in [0.4, 0.5) is 5.69 Å². The van der Waals surface area contributed by atoms with Gasteiger partial charge in [0.05, 0.1) is 32.1 Å². The fourth-order valence-corrected chi connectivity index (χ4v) is 1.52. The molecule has 0 fully saturated rings. The summed E-state index contributed by atoms with van der Waals surface area (Å²) in [6.07, 6.45) is 0. The Morgan fingerprint density at radius 2 is 2.06 bits per heavy atom. The molecule has 0 aliphatic rings. The Hall–Kier alpha value is -1.95. The first-order valence-corrected chi connectivity index (χ1v) is 5.43. The highest BCUT2D eigenvalue weighted by Crippen LogP contribution is 2.31. The SMILES string of the molecule is COc1cc(OC)c(N)c(C(=O)N(C)CCO)c1. The summed E-state index contributed by atoms with van der Waals surface area (Å²) in [5, 5.41) is 8.83. The number of ether oxygens (including phenoxy) is 2. The number of nitrogens with zero attached hydrogens (tertiary/aromatic N) is 1. The van der Waals surface area contributed by atoms with Gasteiger partial charge in [0.2, 0.25) is 0 Å². The quantitative estimate of drug-likeness (QED) is 0.741. The lowest BCUT2D eigenvalue weighted by Crippen LogP contribution is -2.30. The number of benzene rings is 1. The number of nitrogen functional groups attached to an aromatic ring is 1. The van der Waals surface area contributed by atoms with E-state index in [-0.39, 0.29) is 24.7 Å². The molecule has 0 saturated heterocycles. The zero-order valence-corrected chi connectivity index (χ0v) is 10.8. The van der Waals surface area contributed by atoms with E-state index < -0.39 is 0 Å². The van der Waals surface area contributed by atoms with Gasteiger partial charge in [-0.1, -0.05) is 0 Å². The van der Waals surface area contributed by atoms with Gasteiger partial charge in [0.1, 0.15) is 11.5 Å². The Morgan fingerprint density at radius 1 is 1.39 bits per heavy atom. The van der Waals surface area contributed by atoms with E-state index in [0.29, 0.717) is 17.1 Å². The molecule has 6 heteroatoms. The summed E-state index contributed by atoms with van der Waals surface area (Å²) in [6.45, 7) is 0.126. The Kier molecular flexibility index (Phi) is 4.79. The topological polar surface area (TPSA) is 85.0 Å². The molecule has 18 heavy (non-hydrogen) atoms. The summed E-state index contributed by atoms with van der Waals surface area (Å²) in [5.41, 5.74) is 6.41. The second kappa shape index (κ2) is 6.11. The number of likely N-dealkylation sites (N-methyl/N-ethyl adjacent to an activating group) is 1. The second-order valence-electron chi connectivity index (χ2n) is 3.74. The van der Waals surface area contributed by atoms with Gasteiger partial charge >= 0.3 is 0 Å². The average molecular weight is 254 g/mol. The van der Waals surface area contributed by atoms with Crippen molar-refractivity contribution in [2.45, 2.75) is 0 Å². The van der Waals surface area contributed by atoms with E-state index in [1.807, 2.05) is 0 Å². The van der Waals surface area contributed by atoms with Crippen molar-refractivity contribution >= 4 is 11.6 Å². The molecule has 1 amide bonds. The minimum absolute atomic E-state index is 0.108. The Balaban J connectivity index is 3.18. The van der Waals surface area contributed by atoms with Crippen LogP contribution in [0.25, 0.3) is 0 Å². The average Bonchev–Trinajstić information content (AvgIpc) is 2.38. The number of aliphatic hydroxyl groups excluding tert-OH is 1. The van der Waals surface area contributed by atoms with Crippen LogP contribution < -0.4 is 15.2 Å². The second-order valence-corrected chi connectivity index (χ2v) is 3.74. The normalized spacial score (nSPS) is 10.0. The van der Waals surface area contributed by atoms with E-state index in [2.05, 4.69) is 0 Å². The van der Waals surface area contributed by atoms with Crippen molar-refractivity contribution in [3.05, 3.63) is 17.7 Å². The lowest BCUT2D eigenvalue weighted by atomic mass is 10.1. The lowest BCUT2D eigenvalue weighted by molar-refractivity contribution is 0.0767. The van der Waals surface area contributed by atoms with Crippen molar-refractivity contribution < 1.29 is 19.4 Å². The van der Waals surface area contributed by atoms with E-state index >= 15 is 0 Å². The molecule has 0 spiro atoms. The Labute approximate surface area is 106 Å². The fourth-order valence-electron chi connectivity index (χ4n) is 1.52. The van der Waals surface area contributed by atoms with Crippen LogP contribution in [-0.2, 0) is 0 Å². The smallest absolute Gasteiger partial charge is 0.256 e. The molecule has 0 heterocycles. The molecular formula is C12H18N2O4. The van der Waals surface area contributed by atoms with E-state index in [1.165, 1.54) is 19.1 Å². The predicted octanol–water partition coefficient (Wildman–Crippen LogP) is 0.350. The van der Waals surface area contributed by atoms with Gasteiger partial charge in [-0.15, -0.1) is 0 Å². The number of carbonyl (C=O) groups excluding carboxylic acids is 1. The van der Waals surface area contributed by atoms with Crippen LogP contribution in [0.5, 0.6) is 11.5 Å². The molecule has 0 aliphatic heterocycles. The molecule has 6 nitrogen and oxygen atoms in total. The number of methoxy groups -OCH3 is 2. The number of nitrogens with two attached hydrogens (primary N) is 1. The number of rotatable bonds is 5. The van der Waals surface area contributed by atoms with Crippen molar-refractivity contribution in [2.75, 3.05) is 40.2 Å². The van der Waals surface area contributed by atoms with Crippen LogP contribution in [-0.4, -0.2) is 50.3 Å². The zero-order valence-electron chi connectivity index (χ0n) is 10.8. The molecule has 1 rings (SSSR count). The number of carbonyl (C=O) groups is 1. The zero-order chi connectivity index (χ0) is 13.7. The van der Waals surface area contributed by atoms with Gasteiger partial charge in [-0.25, -0.2) is 0 Å². The molecule has 0 radical (unpaired) electrons. The maximum absolute atomic E-state index is 12.1. The number of anilines is 1. The molecule has 0 saturated carbocycles. The number of aliphatic hydroxyl groups is 1. The molecule has 100 valence electrons. The summed E-state index contributed by atoms with van der Waals surface area (Å²) < 4.78 is 10.2. The summed E-state index contributed by atoms with van der Waals surface area (Å²) in [5.74, 6) is 0.579. The van der Waals surface area contributed by atoms with Crippen LogP contribution >= 0.6 is 0 Å². The summed E-state index contributed by atoms with van der Waals surface area (Å²) in [7, 11) is 4.55. The van der Waals surface area contributed by atoms with Crippen molar-refractivity contribution in [3.8, 4) is 11.5 Å². The van der Waals surface area contributed by atoms with Crippen molar-refractivity contribution in [1.29, 1.82) is 0 Å². The van der Waals surface area contributed by atoms with Gasteiger partial charge in [0.25, 0.3) is 5.91 Å². The molecule has 0 aromatic heterocycles. The highest BCUT2D eigenvalue weighted by Gasteiger charge is 2.18. The van der Waals surface area contributed by atoms with Crippen LogP contribution in [0.15, 0.2) is 12.1 Å². The molecule has 0 bridgehead atoms. The Bertz CT molecular complexity index is 434. The van der Waals surface area contributed by atoms with Gasteiger partial charge in [0.15, 0.2) is 0 Å². The van der Waals surface area contributed by atoms with Gasteiger partial charge in [0, 0.05) is 19.7 Å². The highest BCUT2D eigenvalue weighted by molar-refractivity contribution is 6.00. The summed E-state index contributed by atoms with van der Waals surface area (Å²) in [4.78, 5) is 13.5. The molecule has 1 aromatic carbocycles. The van der Waals surface area contributed by atoms with Crippen molar-refractivity contribution in [1.82, 2.24) is 4.90 Å². The van der Waals surface area contributed by atoms with Gasteiger partial charge in [-0.05, 0) is 6.07 Å². The maximum atomic E-state index is 12.1. The first-order chi connectivity index (χ1) is 8.54. The minimum Gasteiger partial charge on any atom is -0.497 e. The number of hydrogen-bond donors (Lipinski definition) is 2. The first kappa shape index (κ1) is 14.1. The largest absolute Gasteiger partial charge is 0.497 e. The number of hydrogen-bond acceptors (Lipinski definition) is 5. The van der Waals surface area contributed by atoms with E-state index in [0.717, 1.165) is 0 Å². The summed E-state index contributed by atoms with van der Waals surface area (Å²) in [6, 6.07) is 3.16. The standard InChI is InChI=1S/C12H18N2O4/c1-14(4-5-15)12(16)9-6-8(17-2)7-10(18-3)11(9)13/h6-7,15H,4-5,13H2,1-3H3. The van der Waals surface area contributed by atoms with Crippen molar-refractivity contribution in [2.24, 2.45) is 0 Å². The number of amides is 1. The monoisotopic (exact) mass is 254 g/mol. The predicted molar refractivity (Wildman–Crippen MR) is 68.0 cm³/mol. The third-order valence-corrected chi connectivity index (χ3v) is 2.58. The molecule has 1 aromatic rings. The molecule has 0 unspecified atom stereocenters. The molecule has 0 atom stereocenters. The lowest BCUT2D eigenvalue weighted by Gasteiger charge is -2.18. The van der Waals surface area contributed by atoms with Crippen LogP contribution in [0.1, 0.15) is 10.4 Å². The van der Waals surface area contributed by atoms with Crippen LogP contribution in [0.3, 0.4) is 0 Å². The van der Waals surface area contributed by atoms with Crippen LogP contribution in [0, 0.1) is 0 Å². The molecular weight excluding hydrogens is 236 g/mol. The third-order valence-electron chi connectivity index (χ3n) is 2.58. The Morgan fingerprint density at radius 3 is 2.56 bits per heavy atom. The van der Waals surface area contributed by atoms with Crippen LogP contribution in [0.2, 0.25) is 0 Å². The minimum atomic E-state index is -0.293. The molecule has 3 N–H and O–H groups in total. The van der Waals surface area contributed by atoms with E-state index in [4.69, 9.17) is 20.3 Å². The molecule has 0 aliphatic carbocycles. The fraction of sp³-hybridized carbons (Fsp3) is 0.417. The van der Waals surface area contributed by atoms with Gasteiger partial charge < -0.3 is 25.2 Å².